The average molecular weight is 621 g/mol. The van der Waals surface area contributed by atoms with Gasteiger partial charge in [-0.15, -0.1) is 0 Å². The second-order valence-electron chi connectivity index (χ2n) is 13.2. The second-order valence-corrected chi connectivity index (χ2v) is 14.4. The largest absolute Gasteiger partial charge is 0.508 e. The van der Waals surface area contributed by atoms with Crippen LogP contribution in [0.5, 0.6) is 5.75 Å². The zero-order valence-electron chi connectivity index (χ0n) is 24.6. The molecule has 0 radical (unpaired) electrons. The van der Waals surface area contributed by atoms with Crippen molar-refractivity contribution in [3.05, 3.63) is 41.5 Å². The predicted molar refractivity (Wildman–Crippen MR) is 157 cm³/mol. The van der Waals surface area contributed by atoms with Crippen LogP contribution in [0.2, 0.25) is 0 Å². The van der Waals surface area contributed by atoms with Gasteiger partial charge in [0.2, 0.25) is 5.85 Å². The monoisotopic (exact) mass is 620 g/mol. The van der Waals surface area contributed by atoms with E-state index in [-0.39, 0.29) is 30.4 Å². The number of halogens is 6. The first kappa shape index (κ1) is 33.5. The molecule has 4 rings (SSSR count). The molecule has 2 N–H and O–H groups in total. The molecule has 0 aromatic heterocycles. The van der Waals surface area contributed by atoms with Crippen molar-refractivity contribution in [1.82, 2.24) is 0 Å². The van der Waals surface area contributed by atoms with Crippen LogP contribution >= 0.6 is 11.8 Å². The van der Waals surface area contributed by atoms with E-state index in [1.54, 1.807) is 6.07 Å². The van der Waals surface area contributed by atoms with Crippen LogP contribution in [-0.2, 0) is 6.42 Å². The van der Waals surface area contributed by atoms with Gasteiger partial charge in [-0.05, 0) is 108 Å². The Hall–Kier alpha value is -1.35. The Morgan fingerprint density at radius 3 is 2.31 bits per heavy atom. The first-order chi connectivity index (χ1) is 19.7. The highest BCUT2D eigenvalue weighted by Gasteiger charge is 2.62. The number of thioether (sulfide) groups is 1. The van der Waals surface area contributed by atoms with Crippen LogP contribution in [-0.4, -0.2) is 39.7 Å². The van der Waals surface area contributed by atoms with E-state index in [2.05, 4.69) is 13.5 Å². The van der Waals surface area contributed by atoms with Crippen molar-refractivity contribution < 1.29 is 36.6 Å². The standard InChI is InChI=1S/C33H46F6O2S/c1-22-30(2)16-14-27-26-13-12-25(40)20-24(26)19-23(29(27)28(30)21-31(22,34)41)11-8-6-4-3-5-7-9-17-42-18-10-15-32(35,36)33(37,38)39/h12-13,20,23,27-29,40-41H,1,3-11,14-19,21H2,2H3/t23-,27-,28+,29-,30-,31-/m1/s1. The summed E-state index contributed by atoms with van der Waals surface area (Å²) in [6.45, 7) is 6.10. The van der Waals surface area contributed by atoms with E-state index in [1.165, 1.54) is 22.9 Å². The number of alkyl halides is 6. The van der Waals surface area contributed by atoms with Gasteiger partial charge in [-0.1, -0.05) is 58.1 Å². The molecule has 2 fully saturated rings. The van der Waals surface area contributed by atoms with Crippen molar-refractivity contribution >= 4 is 11.8 Å². The minimum atomic E-state index is -5.46. The summed E-state index contributed by atoms with van der Waals surface area (Å²) in [5, 5.41) is 20.7. The smallest absolute Gasteiger partial charge is 0.453 e. The zero-order valence-corrected chi connectivity index (χ0v) is 25.4. The quantitative estimate of drug-likeness (QED) is 0.124. The maximum Gasteiger partial charge on any atom is 0.453 e. The Kier molecular flexibility index (Phi) is 10.6. The first-order valence-corrected chi connectivity index (χ1v) is 16.8. The van der Waals surface area contributed by atoms with Crippen molar-refractivity contribution in [3.63, 3.8) is 0 Å². The molecular weight excluding hydrogens is 574 g/mol. The molecule has 6 atom stereocenters. The van der Waals surface area contributed by atoms with Crippen LogP contribution in [0.4, 0.5) is 26.3 Å². The van der Waals surface area contributed by atoms with Crippen LogP contribution in [0, 0.1) is 23.2 Å². The number of aliphatic hydroxyl groups is 1. The molecule has 1 aromatic carbocycles. The molecular formula is C33H46F6O2S. The van der Waals surface area contributed by atoms with Gasteiger partial charge >= 0.3 is 12.1 Å². The number of fused-ring (bicyclic) bond motifs is 5. The molecule has 0 bridgehead atoms. The molecule has 238 valence electrons. The lowest BCUT2D eigenvalue weighted by Crippen LogP contribution is -2.44. The van der Waals surface area contributed by atoms with Gasteiger partial charge < -0.3 is 10.2 Å². The van der Waals surface area contributed by atoms with Crippen molar-refractivity contribution in [2.75, 3.05) is 11.5 Å². The van der Waals surface area contributed by atoms with Gasteiger partial charge in [-0.25, -0.2) is 4.39 Å². The fraction of sp³-hybridized carbons (Fsp3) is 0.758. The molecule has 2 saturated carbocycles. The fourth-order valence-electron chi connectivity index (χ4n) is 8.12. The topological polar surface area (TPSA) is 40.5 Å². The van der Waals surface area contributed by atoms with Crippen molar-refractivity contribution in [2.24, 2.45) is 23.2 Å². The van der Waals surface area contributed by atoms with Crippen molar-refractivity contribution in [3.8, 4) is 5.75 Å². The number of unbranched alkanes of at least 4 members (excludes halogenated alkanes) is 6. The van der Waals surface area contributed by atoms with Crippen LogP contribution in [0.3, 0.4) is 0 Å². The van der Waals surface area contributed by atoms with E-state index in [4.69, 9.17) is 0 Å². The number of hydrogen-bond acceptors (Lipinski definition) is 3. The lowest BCUT2D eigenvalue weighted by atomic mass is 9.52. The summed E-state index contributed by atoms with van der Waals surface area (Å²) in [4.78, 5) is 0. The van der Waals surface area contributed by atoms with Gasteiger partial charge in [0.05, 0.1) is 0 Å². The molecule has 2 nitrogen and oxygen atoms in total. The van der Waals surface area contributed by atoms with E-state index < -0.39 is 29.8 Å². The number of hydrogen-bond donors (Lipinski definition) is 2. The van der Waals surface area contributed by atoms with Crippen molar-refractivity contribution in [1.29, 1.82) is 0 Å². The zero-order chi connectivity index (χ0) is 30.8. The van der Waals surface area contributed by atoms with E-state index in [0.717, 1.165) is 76.4 Å². The van der Waals surface area contributed by atoms with Crippen LogP contribution < -0.4 is 0 Å². The molecule has 42 heavy (non-hydrogen) atoms. The lowest BCUT2D eigenvalue weighted by molar-refractivity contribution is -0.284. The van der Waals surface area contributed by atoms with Crippen molar-refractivity contribution in [2.45, 2.75) is 121 Å². The Morgan fingerprint density at radius 2 is 1.62 bits per heavy atom. The van der Waals surface area contributed by atoms with E-state index in [9.17, 15) is 32.2 Å². The Balaban J connectivity index is 1.18. The highest BCUT2D eigenvalue weighted by molar-refractivity contribution is 7.99. The summed E-state index contributed by atoms with van der Waals surface area (Å²) < 4.78 is 77.6. The molecule has 0 heterocycles. The third-order valence-corrected chi connectivity index (χ3v) is 11.6. The molecule has 9 heteroatoms. The average Bonchev–Trinajstić information content (AvgIpc) is 3.09. The SMILES string of the molecule is C=C1[C@@](O)(F)C[C@H]2[C@@H]3[C@H](CCCCCCCCCSCCCC(F)(F)C(F)(F)F)Cc4cc(O)ccc4[C@H]3CC[C@]12C. The number of rotatable bonds is 14. The number of phenols is 1. The molecule has 0 amide bonds. The molecule has 0 saturated heterocycles. The molecule has 0 spiro atoms. The highest BCUT2D eigenvalue weighted by Crippen LogP contribution is 2.66. The number of phenolic OH excluding ortho intramolecular Hbond substituents is 1. The van der Waals surface area contributed by atoms with E-state index >= 15 is 4.39 Å². The third-order valence-electron chi connectivity index (χ3n) is 10.5. The van der Waals surface area contributed by atoms with Gasteiger partial charge in [0.15, 0.2) is 0 Å². The molecule has 3 aliphatic carbocycles. The van der Waals surface area contributed by atoms with Gasteiger partial charge in [0.1, 0.15) is 5.75 Å². The fourth-order valence-corrected chi connectivity index (χ4v) is 9.09. The summed E-state index contributed by atoms with van der Waals surface area (Å²) in [5.41, 5.74) is 2.41. The molecule has 0 unspecified atom stereocenters. The first-order valence-electron chi connectivity index (χ1n) is 15.6. The minimum absolute atomic E-state index is 0.0460. The maximum absolute atomic E-state index is 15.2. The summed E-state index contributed by atoms with van der Waals surface area (Å²) in [6, 6.07) is 5.68. The van der Waals surface area contributed by atoms with E-state index in [0.29, 0.717) is 23.2 Å². The predicted octanol–water partition coefficient (Wildman–Crippen LogP) is 10.1. The Labute approximate surface area is 250 Å². The third kappa shape index (κ3) is 7.30. The van der Waals surface area contributed by atoms with Gasteiger partial charge in [-0.2, -0.15) is 33.7 Å². The number of benzene rings is 1. The maximum atomic E-state index is 15.2. The van der Waals surface area contributed by atoms with Crippen LogP contribution in [0.25, 0.3) is 0 Å². The summed E-state index contributed by atoms with van der Waals surface area (Å²) >= 11 is 1.44. The molecule has 0 aliphatic heterocycles. The molecule has 3 aliphatic rings. The van der Waals surface area contributed by atoms with Gasteiger partial charge in [0.25, 0.3) is 0 Å². The second kappa shape index (κ2) is 13.3. The number of aromatic hydroxyl groups is 1. The van der Waals surface area contributed by atoms with Gasteiger partial charge in [-0.3, -0.25) is 0 Å². The molecule has 1 aromatic rings. The summed E-state index contributed by atoms with van der Waals surface area (Å²) in [5.74, 6) is -4.54. The Bertz CT molecular complexity index is 1070. The van der Waals surface area contributed by atoms with Gasteiger partial charge in [0, 0.05) is 12.8 Å². The van der Waals surface area contributed by atoms with E-state index in [1.807, 2.05) is 12.1 Å². The Morgan fingerprint density at radius 1 is 0.976 bits per heavy atom. The lowest BCUT2D eigenvalue weighted by Gasteiger charge is -2.52. The highest BCUT2D eigenvalue weighted by atomic mass is 32.2. The summed E-state index contributed by atoms with van der Waals surface area (Å²) in [7, 11) is 0. The van der Waals surface area contributed by atoms with Crippen LogP contribution in [0.1, 0.15) is 107 Å². The normalized spacial score (nSPS) is 31.1. The summed E-state index contributed by atoms with van der Waals surface area (Å²) in [6.07, 6.45) is 4.42. The minimum Gasteiger partial charge on any atom is -0.508 e. The van der Waals surface area contributed by atoms with Crippen LogP contribution in [0.15, 0.2) is 30.4 Å².